The molecule has 96 valence electrons. The van der Waals surface area contributed by atoms with Crippen LogP contribution in [0.3, 0.4) is 0 Å². The van der Waals surface area contributed by atoms with Crippen molar-refractivity contribution in [2.45, 2.75) is 39.7 Å². The van der Waals surface area contributed by atoms with E-state index >= 15 is 0 Å². The first-order valence-corrected chi connectivity index (χ1v) is 5.77. The van der Waals surface area contributed by atoms with Crippen molar-refractivity contribution < 1.29 is 19.1 Å². The molecule has 0 aliphatic carbocycles. The molecular formula is C11H18N2O4. The molecule has 1 aliphatic heterocycles. The Bertz CT molecular complexity index is 320. The van der Waals surface area contributed by atoms with E-state index in [4.69, 9.17) is 4.74 Å². The first-order chi connectivity index (χ1) is 7.98. The lowest BCUT2D eigenvalue weighted by atomic mass is 9.77. The molecule has 1 rings (SSSR count). The maximum atomic E-state index is 11.9. The lowest BCUT2D eigenvalue weighted by molar-refractivity contribution is -0.155. The van der Waals surface area contributed by atoms with E-state index in [0.717, 1.165) is 6.42 Å². The lowest BCUT2D eigenvalue weighted by Gasteiger charge is -2.37. The summed E-state index contributed by atoms with van der Waals surface area (Å²) < 4.78 is 5.47. The zero-order valence-corrected chi connectivity index (χ0v) is 10.3. The molecule has 1 heterocycles. The smallest absolute Gasteiger partial charge is 0.328 e. The standard InChI is InChI=1S/C11H18N2O4/c1-4-6-17-7(3)11(5-2)8(14)12-10(16)13-9(11)15/h7H,4-6H2,1-3H3,(H2,12,13,14,15,16). The maximum Gasteiger partial charge on any atom is 0.328 e. The quantitative estimate of drug-likeness (QED) is 0.690. The predicted octanol–water partition coefficient (Wildman–Crippen LogP) is 0.564. The van der Waals surface area contributed by atoms with Crippen LogP contribution in [0.2, 0.25) is 0 Å². The molecule has 0 saturated carbocycles. The average molecular weight is 242 g/mol. The number of ether oxygens (including phenoxy) is 1. The van der Waals surface area contributed by atoms with Gasteiger partial charge in [-0.15, -0.1) is 0 Å². The summed E-state index contributed by atoms with van der Waals surface area (Å²) in [4.78, 5) is 34.8. The van der Waals surface area contributed by atoms with Gasteiger partial charge in [-0.05, 0) is 19.8 Å². The molecule has 1 saturated heterocycles. The van der Waals surface area contributed by atoms with Crippen LogP contribution in [0, 0.1) is 5.41 Å². The third kappa shape index (κ3) is 2.31. The van der Waals surface area contributed by atoms with Gasteiger partial charge in [0, 0.05) is 6.61 Å². The largest absolute Gasteiger partial charge is 0.377 e. The Hall–Kier alpha value is -1.43. The third-order valence-electron chi connectivity index (χ3n) is 3.09. The Morgan fingerprint density at radius 1 is 1.18 bits per heavy atom. The number of carbonyl (C=O) groups excluding carboxylic acids is 3. The molecule has 1 fully saturated rings. The van der Waals surface area contributed by atoms with Crippen molar-refractivity contribution >= 4 is 17.8 Å². The van der Waals surface area contributed by atoms with Crippen LogP contribution in [0.15, 0.2) is 0 Å². The molecule has 4 amide bonds. The third-order valence-corrected chi connectivity index (χ3v) is 3.09. The van der Waals surface area contributed by atoms with Crippen molar-refractivity contribution in [3.63, 3.8) is 0 Å². The molecule has 0 radical (unpaired) electrons. The molecule has 0 aromatic carbocycles. The molecule has 0 aromatic heterocycles. The predicted molar refractivity (Wildman–Crippen MR) is 60.1 cm³/mol. The molecule has 17 heavy (non-hydrogen) atoms. The van der Waals surface area contributed by atoms with Crippen molar-refractivity contribution in [1.29, 1.82) is 0 Å². The number of barbiturate groups is 1. The van der Waals surface area contributed by atoms with Gasteiger partial charge in [0.1, 0.15) is 0 Å². The van der Waals surface area contributed by atoms with Crippen LogP contribution >= 0.6 is 0 Å². The molecule has 0 aromatic rings. The van der Waals surface area contributed by atoms with Gasteiger partial charge in [0.2, 0.25) is 11.8 Å². The van der Waals surface area contributed by atoms with Gasteiger partial charge in [0.25, 0.3) is 0 Å². The Morgan fingerprint density at radius 3 is 2.12 bits per heavy atom. The monoisotopic (exact) mass is 242 g/mol. The Morgan fingerprint density at radius 2 is 1.71 bits per heavy atom. The molecule has 0 bridgehead atoms. The van der Waals surface area contributed by atoms with E-state index in [1.807, 2.05) is 6.92 Å². The van der Waals surface area contributed by atoms with Crippen LogP contribution in [-0.4, -0.2) is 30.6 Å². The van der Waals surface area contributed by atoms with Crippen LogP contribution in [0.25, 0.3) is 0 Å². The van der Waals surface area contributed by atoms with Crippen molar-refractivity contribution in [1.82, 2.24) is 10.6 Å². The number of hydrogen-bond donors (Lipinski definition) is 2. The number of imide groups is 2. The second-order valence-electron chi connectivity index (χ2n) is 4.08. The van der Waals surface area contributed by atoms with E-state index in [1.54, 1.807) is 13.8 Å². The highest BCUT2D eigenvalue weighted by Crippen LogP contribution is 2.31. The first kappa shape index (κ1) is 13.6. The van der Waals surface area contributed by atoms with Gasteiger partial charge in [0.15, 0.2) is 5.41 Å². The summed E-state index contributed by atoms with van der Waals surface area (Å²) in [5.41, 5.74) is -1.32. The van der Waals surface area contributed by atoms with E-state index in [-0.39, 0.29) is 6.42 Å². The Labute approximate surface area is 100 Å². The average Bonchev–Trinajstić information content (AvgIpc) is 2.26. The normalized spacial score (nSPS) is 20.8. The number of urea groups is 1. The number of nitrogens with one attached hydrogen (secondary N) is 2. The number of hydrogen-bond acceptors (Lipinski definition) is 4. The van der Waals surface area contributed by atoms with Gasteiger partial charge in [-0.1, -0.05) is 13.8 Å². The summed E-state index contributed by atoms with van der Waals surface area (Å²) in [5.74, 6) is -1.17. The molecule has 6 nitrogen and oxygen atoms in total. The molecular weight excluding hydrogens is 224 g/mol. The van der Waals surface area contributed by atoms with Crippen LogP contribution < -0.4 is 10.6 Å². The fourth-order valence-electron chi connectivity index (χ4n) is 1.98. The highest BCUT2D eigenvalue weighted by Gasteiger charge is 2.53. The van der Waals surface area contributed by atoms with Gasteiger partial charge in [-0.2, -0.15) is 0 Å². The second kappa shape index (κ2) is 5.27. The topological polar surface area (TPSA) is 84.5 Å². The summed E-state index contributed by atoms with van der Waals surface area (Å²) in [6, 6.07) is -0.772. The van der Waals surface area contributed by atoms with Gasteiger partial charge >= 0.3 is 6.03 Å². The molecule has 1 atom stereocenters. The zero-order chi connectivity index (χ0) is 13.1. The Kier molecular flexibility index (Phi) is 4.22. The fraction of sp³-hybridized carbons (Fsp3) is 0.727. The van der Waals surface area contributed by atoms with Crippen LogP contribution in [0.1, 0.15) is 33.6 Å². The van der Waals surface area contributed by atoms with Gasteiger partial charge in [-0.25, -0.2) is 4.79 Å². The SMILES string of the molecule is CCCOC(C)C1(CC)C(=O)NC(=O)NC1=O. The van der Waals surface area contributed by atoms with Crippen LogP contribution in [0.5, 0.6) is 0 Å². The minimum Gasteiger partial charge on any atom is -0.377 e. The lowest BCUT2D eigenvalue weighted by Crippen LogP contribution is -2.66. The van der Waals surface area contributed by atoms with Crippen molar-refractivity contribution in [2.24, 2.45) is 5.41 Å². The second-order valence-corrected chi connectivity index (χ2v) is 4.08. The Balaban J connectivity index is 2.96. The zero-order valence-electron chi connectivity index (χ0n) is 10.3. The van der Waals surface area contributed by atoms with Gasteiger partial charge < -0.3 is 4.74 Å². The van der Waals surface area contributed by atoms with Crippen molar-refractivity contribution in [2.75, 3.05) is 6.61 Å². The highest BCUT2D eigenvalue weighted by atomic mass is 16.5. The summed E-state index contributed by atoms with van der Waals surface area (Å²) >= 11 is 0. The fourth-order valence-corrected chi connectivity index (χ4v) is 1.98. The minimum atomic E-state index is -1.32. The van der Waals surface area contributed by atoms with Crippen LogP contribution in [-0.2, 0) is 14.3 Å². The first-order valence-electron chi connectivity index (χ1n) is 5.77. The van der Waals surface area contributed by atoms with Crippen molar-refractivity contribution in [3.8, 4) is 0 Å². The maximum absolute atomic E-state index is 11.9. The van der Waals surface area contributed by atoms with E-state index < -0.39 is 29.4 Å². The molecule has 1 unspecified atom stereocenters. The van der Waals surface area contributed by atoms with E-state index in [9.17, 15) is 14.4 Å². The van der Waals surface area contributed by atoms with E-state index in [0.29, 0.717) is 6.61 Å². The van der Waals surface area contributed by atoms with E-state index in [1.165, 1.54) is 0 Å². The highest BCUT2D eigenvalue weighted by molar-refractivity contribution is 6.19. The summed E-state index contributed by atoms with van der Waals surface area (Å²) in [5, 5.41) is 4.24. The van der Waals surface area contributed by atoms with Crippen LogP contribution in [0.4, 0.5) is 4.79 Å². The number of amides is 4. The van der Waals surface area contributed by atoms with Gasteiger partial charge in [0.05, 0.1) is 6.10 Å². The summed E-state index contributed by atoms with van der Waals surface area (Å²) in [6.45, 7) is 5.81. The number of rotatable bonds is 5. The van der Waals surface area contributed by atoms with E-state index in [2.05, 4.69) is 10.6 Å². The molecule has 0 spiro atoms. The number of carbonyl (C=O) groups is 3. The molecule has 6 heteroatoms. The minimum absolute atomic E-state index is 0.281. The van der Waals surface area contributed by atoms with Gasteiger partial charge in [-0.3, -0.25) is 20.2 Å². The molecule has 2 N–H and O–H groups in total. The summed E-state index contributed by atoms with van der Waals surface area (Å²) in [7, 11) is 0. The summed E-state index contributed by atoms with van der Waals surface area (Å²) in [6.07, 6.45) is 0.510. The molecule has 1 aliphatic rings. The van der Waals surface area contributed by atoms with Crippen molar-refractivity contribution in [3.05, 3.63) is 0 Å².